The number of aliphatic hydroxyl groups excluding tert-OH is 1. The lowest BCUT2D eigenvalue weighted by molar-refractivity contribution is -0.141. The smallest absolute Gasteiger partial charge is 0.296 e. The predicted octanol–water partition coefficient (Wildman–Crippen LogP) is 2.97. The van der Waals surface area contributed by atoms with Crippen LogP contribution in [0.15, 0.2) is 30.0 Å². The van der Waals surface area contributed by atoms with E-state index in [1.54, 1.807) is 12.1 Å². The van der Waals surface area contributed by atoms with E-state index in [4.69, 9.17) is 0 Å². The van der Waals surface area contributed by atoms with Crippen molar-refractivity contribution >= 4 is 17.4 Å². The molecule has 0 saturated heterocycles. The second kappa shape index (κ2) is 5.35. The van der Waals surface area contributed by atoms with Crippen LogP contribution in [0.4, 0.5) is 0 Å². The summed E-state index contributed by atoms with van der Waals surface area (Å²) >= 11 is 0. The molecule has 1 aromatic rings. The number of benzene rings is 1. The molecule has 1 aliphatic carbocycles. The molecule has 1 heterocycles. The van der Waals surface area contributed by atoms with Crippen LogP contribution in [-0.2, 0) is 9.59 Å². The van der Waals surface area contributed by atoms with Gasteiger partial charge in [-0.1, -0.05) is 49.1 Å². The summed E-state index contributed by atoms with van der Waals surface area (Å²) in [6.45, 7) is 1.95. The summed E-state index contributed by atoms with van der Waals surface area (Å²) in [5.41, 5.74) is 1.82. The first-order chi connectivity index (χ1) is 10.1. The zero-order valence-electron chi connectivity index (χ0n) is 12.1. The third-order valence-electron chi connectivity index (χ3n) is 4.37. The van der Waals surface area contributed by atoms with Crippen molar-refractivity contribution in [1.82, 2.24) is 4.90 Å². The lowest BCUT2D eigenvalue weighted by atomic mass is 9.94. The molecule has 1 aliphatic heterocycles. The van der Waals surface area contributed by atoms with Crippen molar-refractivity contribution < 1.29 is 14.7 Å². The monoisotopic (exact) mass is 285 g/mol. The summed E-state index contributed by atoms with van der Waals surface area (Å²) in [5.74, 6) is -1.30. The minimum absolute atomic E-state index is 0.0659. The minimum Gasteiger partial charge on any atom is -0.502 e. The number of nitrogens with zero attached hydrogens (tertiary/aromatic N) is 1. The number of aryl methyl sites for hydroxylation is 1. The van der Waals surface area contributed by atoms with Gasteiger partial charge >= 0.3 is 0 Å². The van der Waals surface area contributed by atoms with Gasteiger partial charge in [-0.15, -0.1) is 0 Å². The van der Waals surface area contributed by atoms with Crippen molar-refractivity contribution in [2.24, 2.45) is 0 Å². The van der Waals surface area contributed by atoms with Gasteiger partial charge in [0.25, 0.3) is 11.8 Å². The summed E-state index contributed by atoms with van der Waals surface area (Å²) in [5, 5.41) is 10.1. The lowest BCUT2D eigenvalue weighted by Gasteiger charge is -2.29. The molecule has 1 saturated carbocycles. The highest BCUT2D eigenvalue weighted by Gasteiger charge is 2.43. The standard InChI is InChI=1S/C17H19NO3/c1-11-7-9-12(10-8-11)14-15(19)17(21)18(16(14)20)13-5-3-2-4-6-13/h7-10,13,19H,2-6H2,1H3. The second-order valence-electron chi connectivity index (χ2n) is 5.86. The van der Waals surface area contributed by atoms with E-state index < -0.39 is 11.7 Å². The van der Waals surface area contributed by atoms with Crippen LogP contribution < -0.4 is 0 Å². The number of aliphatic hydroxyl groups is 1. The number of hydrogen-bond acceptors (Lipinski definition) is 3. The zero-order valence-corrected chi connectivity index (χ0v) is 12.1. The molecule has 21 heavy (non-hydrogen) atoms. The maximum atomic E-state index is 12.6. The van der Waals surface area contributed by atoms with Gasteiger partial charge in [-0.3, -0.25) is 14.5 Å². The average Bonchev–Trinajstić information content (AvgIpc) is 2.72. The molecular formula is C17H19NO3. The molecule has 4 heteroatoms. The van der Waals surface area contributed by atoms with E-state index in [0.717, 1.165) is 37.7 Å². The fourth-order valence-corrected chi connectivity index (χ4v) is 3.19. The fraction of sp³-hybridized carbons (Fsp3) is 0.412. The van der Waals surface area contributed by atoms with Crippen molar-refractivity contribution in [3.63, 3.8) is 0 Å². The molecule has 1 aromatic carbocycles. The Morgan fingerprint density at radius 1 is 1.00 bits per heavy atom. The van der Waals surface area contributed by atoms with Crippen LogP contribution in [0.1, 0.15) is 43.2 Å². The van der Waals surface area contributed by atoms with Gasteiger partial charge in [-0.25, -0.2) is 0 Å². The third kappa shape index (κ3) is 2.35. The van der Waals surface area contributed by atoms with Crippen LogP contribution in [0, 0.1) is 6.92 Å². The number of carbonyl (C=O) groups is 2. The van der Waals surface area contributed by atoms with E-state index in [9.17, 15) is 14.7 Å². The summed E-state index contributed by atoms with van der Waals surface area (Å²) < 4.78 is 0. The van der Waals surface area contributed by atoms with Gasteiger partial charge in [-0.05, 0) is 25.3 Å². The Balaban J connectivity index is 1.93. The Morgan fingerprint density at radius 2 is 1.62 bits per heavy atom. The summed E-state index contributed by atoms with van der Waals surface area (Å²) in [6, 6.07) is 7.23. The average molecular weight is 285 g/mol. The molecule has 0 radical (unpaired) electrons. The van der Waals surface area contributed by atoms with E-state index in [0.29, 0.717) is 5.56 Å². The zero-order chi connectivity index (χ0) is 15.0. The van der Waals surface area contributed by atoms with Crippen LogP contribution in [0.25, 0.3) is 5.57 Å². The van der Waals surface area contributed by atoms with Crippen molar-refractivity contribution in [3.8, 4) is 0 Å². The van der Waals surface area contributed by atoms with Crippen LogP contribution in [0.5, 0.6) is 0 Å². The minimum atomic E-state index is -0.539. The van der Waals surface area contributed by atoms with Crippen LogP contribution in [0.3, 0.4) is 0 Å². The highest BCUT2D eigenvalue weighted by atomic mass is 16.3. The molecule has 1 fully saturated rings. The van der Waals surface area contributed by atoms with Gasteiger partial charge in [0.05, 0.1) is 5.57 Å². The molecule has 0 atom stereocenters. The Bertz CT molecular complexity index is 609. The van der Waals surface area contributed by atoms with Gasteiger partial charge in [0, 0.05) is 6.04 Å². The SMILES string of the molecule is Cc1ccc(C2=C(O)C(=O)N(C3CCCCC3)C2=O)cc1. The maximum absolute atomic E-state index is 12.6. The Hall–Kier alpha value is -2.10. The van der Waals surface area contributed by atoms with Crippen LogP contribution in [-0.4, -0.2) is 27.9 Å². The molecule has 1 N–H and O–H groups in total. The van der Waals surface area contributed by atoms with E-state index >= 15 is 0 Å². The number of imide groups is 1. The molecule has 0 aromatic heterocycles. The van der Waals surface area contributed by atoms with Crippen molar-refractivity contribution in [2.45, 2.75) is 45.1 Å². The first-order valence-corrected chi connectivity index (χ1v) is 7.48. The molecule has 0 unspecified atom stereocenters. The van der Waals surface area contributed by atoms with Gasteiger partial charge in [0.2, 0.25) is 0 Å². The van der Waals surface area contributed by atoms with Crippen LogP contribution in [0.2, 0.25) is 0 Å². The fourth-order valence-electron chi connectivity index (χ4n) is 3.19. The van der Waals surface area contributed by atoms with Crippen molar-refractivity contribution in [2.75, 3.05) is 0 Å². The third-order valence-corrected chi connectivity index (χ3v) is 4.37. The topological polar surface area (TPSA) is 57.6 Å². The Kier molecular flexibility index (Phi) is 3.53. The Morgan fingerprint density at radius 3 is 2.24 bits per heavy atom. The molecule has 0 bridgehead atoms. The van der Waals surface area contributed by atoms with Gasteiger partial charge < -0.3 is 5.11 Å². The highest BCUT2D eigenvalue weighted by molar-refractivity contribution is 6.35. The molecule has 0 spiro atoms. The number of carbonyl (C=O) groups excluding carboxylic acids is 2. The molecule has 2 aliphatic rings. The number of hydrogen-bond donors (Lipinski definition) is 1. The van der Waals surface area contributed by atoms with Gasteiger partial charge in [-0.2, -0.15) is 0 Å². The van der Waals surface area contributed by atoms with E-state index in [1.807, 2.05) is 19.1 Å². The van der Waals surface area contributed by atoms with E-state index in [1.165, 1.54) is 4.90 Å². The summed E-state index contributed by atoms with van der Waals surface area (Å²) in [7, 11) is 0. The normalized spacial score (nSPS) is 20.5. The van der Waals surface area contributed by atoms with Gasteiger partial charge in [0.15, 0.2) is 5.76 Å². The molecule has 4 nitrogen and oxygen atoms in total. The number of rotatable bonds is 2. The molecular weight excluding hydrogens is 266 g/mol. The maximum Gasteiger partial charge on any atom is 0.296 e. The Labute approximate surface area is 124 Å². The lowest BCUT2D eigenvalue weighted by Crippen LogP contribution is -2.42. The van der Waals surface area contributed by atoms with Crippen molar-refractivity contribution in [3.05, 3.63) is 41.2 Å². The molecule has 2 amide bonds. The largest absolute Gasteiger partial charge is 0.502 e. The van der Waals surface area contributed by atoms with Crippen molar-refractivity contribution in [1.29, 1.82) is 0 Å². The molecule has 3 rings (SSSR count). The number of amides is 2. The van der Waals surface area contributed by atoms with E-state index in [2.05, 4.69) is 0 Å². The predicted molar refractivity (Wildman–Crippen MR) is 79.5 cm³/mol. The van der Waals surface area contributed by atoms with Crippen LogP contribution >= 0.6 is 0 Å². The molecule has 110 valence electrons. The first kappa shape index (κ1) is 13.9. The highest BCUT2D eigenvalue weighted by Crippen LogP contribution is 2.33. The van der Waals surface area contributed by atoms with E-state index in [-0.39, 0.29) is 17.5 Å². The summed E-state index contributed by atoms with van der Waals surface area (Å²) in [6.07, 6.45) is 4.89. The first-order valence-electron chi connectivity index (χ1n) is 7.48. The quantitative estimate of drug-likeness (QED) is 0.850. The summed E-state index contributed by atoms with van der Waals surface area (Å²) in [4.78, 5) is 26.1. The second-order valence-corrected chi connectivity index (χ2v) is 5.86. The van der Waals surface area contributed by atoms with Gasteiger partial charge in [0.1, 0.15) is 0 Å².